The van der Waals surface area contributed by atoms with Crippen molar-refractivity contribution in [2.24, 2.45) is 5.73 Å². The molecule has 16 heavy (non-hydrogen) atoms. The molecule has 1 aromatic rings. The normalized spacial score (nSPS) is 14.2. The zero-order valence-corrected chi connectivity index (χ0v) is 8.01. The van der Waals surface area contributed by atoms with Crippen LogP contribution in [0.25, 0.3) is 0 Å². The average molecular weight is 240 g/mol. The zero-order valence-electron chi connectivity index (χ0n) is 8.01. The molecule has 0 bridgehead atoms. The highest BCUT2D eigenvalue weighted by atomic mass is 19.4. The second-order valence-electron chi connectivity index (χ2n) is 3.12. The van der Waals surface area contributed by atoms with Crippen LogP contribution in [0, 0.1) is 0 Å². The molecule has 90 valence electrons. The van der Waals surface area contributed by atoms with E-state index in [2.05, 4.69) is 4.98 Å². The minimum atomic E-state index is -4.75. The SMILES string of the molecule is NCC(c1cccnc1C(F)(F)F)C(F)F. The van der Waals surface area contributed by atoms with Crippen molar-refractivity contribution in [2.75, 3.05) is 6.54 Å². The summed E-state index contributed by atoms with van der Waals surface area (Å²) >= 11 is 0. The van der Waals surface area contributed by atoms with Crippen LogP contribution >= 0.6 is 0 Å². The fourth-order valence-electron chi connectivity index (χ4n) is 1.32. The van der Waals surface area contributed by atoms with Crippen LogP contribution in [-0.2, 0) is 6.18 Å². The summed E-state index contributed by atoms with van der Waals surface area (Å²) in [6, 6.07) is 2.15. The fraction of sp³-hybridized carbons (Fsp3) is 0.444. The molecule has 0 amide bonds. The van der Waals surface area contributed by atoms with Crippen molar-refractivity contribution in [3.8, 4) is 0 Å². The number of rotatable bonds is 3. The average Bonchev–Trinajstić information content (AvgIpc) is 2.17. The van der Waals surface area contributed by atoms with E-state index in [0.29, 0.717) is 0 Å². The van der Waals surface area contributed by atoms with E-state index in [1.807, 2.05) is 0 Å². The highest BCUT2D eigenvalue weighted by molar-refractivity contribution is 5.27. The second-order valence-corrected chi connectivity index (χ2v) is 3.12. The summed E-state index contributed by atoms with van der Waals surface area (Å²) < 4.78 is 62.3. The molecule has 0 fully saturated rings. The number of halogens is 5. The molecule has 2 N–H and O–H groups in total. The Hall–Kier alpha value is -1.24. The molecule has 1 atom stereocenters. The maximum absolute atomic E-state index is 12.5. The van der Waals surface area contributed by atoms with Crippen molar-refractivity contribution >= 4 is 0 Å². The number of pyridine rings is 1. The van der Waals surface area contributed by atoms with Crippen LogP contribution in [0.4, 0.5) is 22.0 Å². The summed E-state index contributed by atoms with van der Waals surface area (Å²) in [6.07, 6.45) is -6.79. The predicted octanol–water partition coefficient (Wildman–Crippen LogP) is 2.41. The molecule has 0 spiro atoms. The van der Waals surface area contributed by atoms with Crippen molar-refractivity contribution in [3.63, 3.8) is 0 Å². The Labute approximate surface area is 88.3 Å². The van der Waals surface area contributed by atoms with Crippen molar-refractivity contribution in [3.05, 3.63) is 29.6 Å². The lowest BCUT2D eigenvalue weighted by Crippen LogP contribution is -2.24. The van der Waals surface area contributed by atoms with Crippen LogP contribution in [0.5, 0.6) is 0 Å². The standard InChI is InChI=1S/C9H9F5N2/c10-8(11)6(4-15)5-2-1-3-16-7(5)9(12,13)14/h1-3,6,8H,4,15H2. The van der Waals surface area contributed by atoms with Gasteiger partial charge in [0.2, 0.25) is 6.43 Å². The maximum atomic E-state index is 12.5. The molecule has 1 heterocycles. The number of hydrogen-bond donors (Lipinski definition) is 1. The molecule has 1 aromatic heterocycles. The van der Waals surface area contributed by atoms with Gasteiger partial charge in [-0.05, 0) is 11.6 Å². The Morgan fingerprint density at radius 1 is 1.31 bits per heavy atom. The quantitative estimate of drug-likeness (QED) is 0.824. The van der Waals surface area contributed by atoms with Crippen LogP contribution in [0.3, 0.4) is 0 Å². The second kappa shape index (κ2) is 4.73. The van der Waals surface area contributed by atoms with Gasteiger partial charge in [-0.15, -0.1) is 0 Å². The third-order valence-electron chi connectivity index (χ3n) is 2.06. The summed E-state index contributed by atoms with van der Waals surface area (Å²) in [5, 5.41) is 0. The fourth-order valence-corrected chi connectivity index (χ4v) is 1.32. The van der Waals surface area contributed by atoms with Gasteiger partial charge >= 0.3 is 6.18 Å². The molecule has 0 saturated carbocycles. The molecule has 0 saturated heterocycles. The lowest BCUT2D eigenvalue weighted by atomic mass is 9.98. The summed E-state index contributed by atoms with van der Waals surface area (Å²) in [4.78, 5) is 3.09. The number of nitrogens with zero attached hydrogens (tertiary/aromatic N) is 1. The highest BCUT2D eigenvalue weighted by Crippen LogP contribution is 2.35. The van der Waals surface area contributed by atoms with Gasteiger partial charge in [-0.3, -0.25) is 4.98 Å². The van der Waals surface area contributed by atoms with Gasteiger partial charge in [0, 0.05) is 12.7 Å². The van der Waals surface area contributed by atoms with Gasteiger partial charge in [0.05, 0.1) is 5.92 Å². The molecule has 0 aliphatic heterocycles. The van der Waals surface area contributed by atoms with Gasteiger partial charge in [-0.1, -0.05) is 6.07 Å². The van der Waals surface area contributed by atoms with Crippen molar-refractivity contribution in [1.29, 1.82) is 0 Å². The highest BCUT2D eigenvalue weighted by Gasteiger charge is 2.38. The first kappa shape index (κ1) is 12.8. The summed E-state index contributed by atoms with van der Waals surface area (Å²) in [5.41, 5.74) is 3.18. The number of aromatic nitrogens is 1. The van der Waals surface area contributed by atoms with Gasteiger partial charge in [0.25, 0.3) is 0 Å². The van der Waals surface area contributed by atoms with Crippen molar-refractivity contribution < 1.29 is 22.0 Å². The first-order valence-corrected chi connectivity index (χ1v) is 4.38. The van der Waals surface area contributed by atoms with Crippen LogP contribution in [0.2, 0.25) is 0 Å². The van der Waals surface area contributed by atoms with E-state index < -0.39 is 36.3 Å². The topological polar surface area (TPSA) is 38.9 Å². The molecule has 2 nitrogen and oxygen atoms in total. The van der Waals surface area contributed by atoms with Crippen LogP contribution in [0.1, 0.15) is 17.2 Å². The van der Waals surface area contributed by atoms with Gasteiger partial charge < -0.3 is 5.73 Å². The largest absolute Gasteiger partial charge is 0.433 e. The van der Waals surface area contributed by atoms with E-state index >= 15 is 0 Å². The molecular formula is C9H9F5N2. The Morgan fingerprint density at radius 3 is 2.38 bits per heavy atom. The molecule has 0 aromatic carbocycles. The Bertz CT molecular complexity index is 350. The molecule has 0 aliphatic rings. The third kappa shape index (κ3) is 2.66. The predicted molar refractivity (Wildman–Crippen MR) is 47.0 cm³/mol. The van der Waals surface area contributed by atoms with E-state index in [0.717, 1.165) is 12.3 Å². The van der Waals surface area contributed by atoms with E-state index in [9.17, 15) is 22.0 Å². The maximum Gasteiger partial charge on any atom is 0.433 e. The number of nitrogens with two attached hydrogens (primary N) is 1. The van der Waals surface area contributed by atoms with Crippen LogP contribution in [-0.4, -0.2) is 18.0 Å². The lowest BCUT2D eigenvalue weighted by Gasteiger charge is -2.18. The summed E-state index contributed by atoms with van der Waals surface area (Å²) in [5.74, 6) is -1.65. The zero-order chi connectivity index (χ0) is 12.3. The van der Waals surface area contributed by atoms with Gasteiger partial charge in [0.15, 0.2) is 0 Å². The Kier molecular flexibility index (Phi) is 3.79. The smallest absolute Gasteiger partial charge is 0.330 e. The van der Waals surface area contributed by atoms with Crippen LogP contribution in [0.15, 0.2) is 18.3 Å². The Balaban J connectivity index is 3.22. The first-order chi connectivity index (χ1) is 7.38. The summed E-state index contributed by atoms with van der Waals surface area (Å²) in [6.45, 7) is -0.563. The monoisotopic (exact) mass is 240 g/mol. The minimum absolute atomic E-state index is 0.562. The third-order valence-corrected chi connectivity index (χ3v) is 2.06. The van der Waals surface area contributed by atoms with Crippen molar-refractivity contribution in [2.45, 2.75) is 18.5 Å². The molecule has 1 rings (SSSR count). The molecule has 7 heteroatoms. The van der Waals surface area contributed by atoms with E-state index in [1.165, 1.54) is 6.07 Å². The summed E-state index contributed by atoms with van der Waals surface area (Å²) in [7, 11) is 0. The Morgan fingerprint density at radius 2 is 1.94 bits per heavy atom. The van der Waals surface area contributed by atoms with E-state index in [1.54, 1.807) is 0 Å². The van der Waals surface area contributed by atoms with E-state index in [4.69, 9.17) is 5.73 Å². The van der Waals surface area contributed by atoms with E-state index in [-0.39, 0.29) is 0 Å². The molecule has 1 unspecified atom stereocenters. The van der Waals surface area contributed by atoms with Gasteiger partial charge in [-0.2, -0.15) is 13.2 Å². The molecular weight excluding hydrogens is 231 g/mol. The van der Waals surface area contributed by atoms with Crippen LogP contribution < -0.4 is 5.73 Å². The molecule has 0 radical (unpaired) electrons. The number of alkyl halides is 5. The lowest BCUT2D eigenvalue weighted by molar-refractivity contribution is -0.142. The number of hydrogen-bond acceptors (Lipinski definition) is 2. The first-order valence-electron chi connectivity index (χ1n) is 4.38. The van der Waals surface area contributed by atoms with Crippen molar-refractivity contribution in [1.82, 2.24) is 4.98 Å². The minimum Gasteiger partial charge on any atom is -0.330 e. The van der Waals surface area contributed by atoms with Gasteiger partial charge in [0.1, 0.15) is 5.69 Å². The van der Waals surface area contributed by atoms with Gasteiger partial charge in [-0.25, -0.2) is 8.78 Å². The molecule has 0 aliphatic carbocycles.